The number of carbonyl (C=O) groups excluding carboxylic acids is 3. The molecule has 1 N–H and O–H groups in total. The van der Waals surface area contributed by atoms with E-state index in [-0.39, 0.29) is 24.6 Å². The average molecular weight is 539 g/mol. The van der Waals surface area contributed by atoms with Gasteiger partial charge in [0.1, 0.15) is 22.4 Å². The molecule has 2 saturated heterocycles. The van der Waals surface area contributed by atoms with Crippen LogP contribution in [0.5, 0.6) is 5.75 Å². The molecular formula is C29H26N6O5. The van der Waals surface area contributed by atoms with Crippen LogP contribution in [0.4, 0.5) is 5.95 Å². The molecule has 7 rings (SSSR count). The Morgan fingerprint density at radius 2 is 1.85 bits per heavy atom. The van der Waals surface area contributed by atoms with Crippen molar-refractivity contribution in [1.29, 1.82) is 0 Å². The molecule has 40 heavy (non-hydrogen) atoms. The van der Waals surface area contributed by atoms with Crippen molar-refractivity contribution in [3.63, 3.8) is 0 Å². The second-order valence-electron chi connectivity index (χ2n) is 10.5. The Hall–Kier alpha value is -4.80. The molecule has 6 heterocycles. The molecule has 2 fully saturated rings. The number of benzene rings is 1. The average Bonchev–Trinajstić information content (AvgIpc) is 3.76. The fourth-order valence-corrected chi connectivity index (χ4v) is 5.82. The Bertz CT molecular complexity index is 1680. The van der Waals surface area contributed by atoms with Crippen molar-refractivity contribution in [2.24, 2.45) is 0 Å². The van der Waals surface area contributed by atoms with Crippen LogP contribution in [0, 0.1) is 0 Å². The highest BCUT2D eigenvalue weighted by atomic mass is 16.5. The number of nitrogens with one attached hydrogen (secondary N) is 1. The Morgan fingerprint density at radius 1 is 1.05 bits per heavy atom. The number of furan rings is 1. The van der Waals surface area contributed by atoms with Crippen molar-refractivity contribution in [2.75, 3.05) is 31.6 Å². The lowest BCUT2D eigenvalue weighted by molar-refractivity contribution is -0.127. The highest BCUT2D eigenvalue weighted by molar-refractivity contribution is 6.10. The zero-order chi connectivity index (χ0) is 27.4. The number of rotatable bonds is 6. The van der Waals surface area contributed by atoms with Crippen LogP contribution in [0.3, 0.4) is 0 Å². The maximum absolute atomic E-state index is 13.3. The Balaban J connectivity index is 1.20. The number of fused-ring (bicyclic) bond motifs is 2. The summed E-state index contributed by atoms with van der Waals surface area (Å²) < 4.78 is 11.4. The maximum atomic E-state index is 13.3. The number of methoxy groups -OCH3 is 1. The topological polar surface area (TPSA) is 131 Å². The summed E-state index contributed by atoms with van der Waals surface area (Å²) in [5, 5.41) is 2.41. The minimum atomic E-state index is -1.37. The molecule has 4 aromatic rings. The van der Waals surface area contributed by atoms with Gasteiger partial charge in [-0.1, -0.05) is 6.07 Å². The number of aromatic nitrogens is 3. The smallest absolute Gasteiger partial charge is 0.254 e. The van der Waals surface area contributed by atoms with Gasteiger partial charge in [0.25, 0.3) is 5.91 Å². The Kier molecular flexibility index (Phi) is 5.55. The van der Waals surface area contributed by atoms with Crippen molar-refractivity contribution >= 4 is 34.8 Å². The second kappa shape index (κ2) is 9.15. The number of imide groups is 1. The predicted molar refractivity (Wildman–Crippen MR) is 144 cm³/mol. The quantitative estimate of drug-likeness (QED) is 0.368. The summed E-state index contributed by atoms with van der Waals surface area (Å²) >= 11 is 0. The summed E-state index contributed by atoms with van der Waals surface area (Å²) in [6.45, 7) is 2.22. The van der Waals surface area contributed by atoms with Crippen LogP contribution in [0.2, 0.25) is 0 Å². The first-order valence-electron chi connectivity index (χ1n) is 13.2. The van der Waals surface area contributed by atoms with Crippen LogP contribution in [-0.2, 0) is 21.5 Å². The van der Waals surface area contributed by atoms with Crippen molar-refractivity contribution in [2.45, 2.75) is 31.2 Å². The summed E-state index contributed by atoms with van der Waals surface area (Å²) in [6.07, 6.45) is 5.67. The molecule has 0 bridgehead atoms. The van der Waals surface area contributed by atoms with Crippen molar-refractivity contribution in [1.82, 2.24) is 25.2 Å². The van der Waals surface area contributed by atoms with Crippen molar-refractivity contribution in [3.05, 3.63) is 65.7 Å². The molecule has 1 aromatic carbocycles. The van der Waals surface area contributed by atoms with E-state index in [4.69, 9.17) is 14.1 Å². The van der Waals surface area contributed by atoms with Gasteiger partial charge in [0.2, 0.25) is 17.8 Å². The molecule has 1 atom stereocenters. The van der Waals surface area contributed by atoms with Crippen LogP contribution < -0.4 is 15.0 Å². The van der Waals surface area contributed by atoms with Gasteiger partial charge in [0.05, 0.1) is 19.2 Å². The lowest BCUT2D eigenvalue weighted by Gasteiger charge is -2.28. The number of anilines is 1. The number of hydrogen-bond donors (Lipinski definition) is 1. The largest absolute Gasteiger partial charge is 0.497 e. The predicted octanol–water partition coefficient (Wildman–Crippen LogP) is 2.83. The third kappa shape index (κ3) is 3.88. The van der Waals surface area contributed by atoms with E-state index in [1.165, 1.54) is 0 Å². The van der Waals surface area contributed by atoms with Crippen LogP contribution >= 0.6 is 0 Å². The fourth-order valence-electron chi connectivity index (χ4n) is 5.82. The fraction of sp³-hybridized carbons (Fsp3) is 0.310. The molecule has 0 radical (unpaired) electrons. The molecule has 0 aliphatic carbocycles. The number of nitrogens with zero attached hydrogens (tertiary/aromatic N) is 5. The summed E-state index contributed by atoms with van der Waals surface area (Å²) in [4.78, 5) is 56.6. The third-order valence-electron chi connectivity index (χ3n) is 7.97. The molecule has 3 amide bonds. The summed E-state index contributed by atoms with van der Waals surface area (Å²) in [6, 6.07) is 10.6. The molecule has 0 spiro atoms. The summed E-state index contributed by atoms with van der Waals surface area (Å²) in [5.74, 6) is 0.438. The minimum absolute atomic E-state index is 0.0150. The van der Waals surface area contributed by atoms with Gasteiger partial charge in [-0.2, -0.15) is 0 Å². The Morgan fingerprint density at radius 3 is 2.58 bits per heavy atom. The van der Waals surface area contributed by atoms with E-state index in [2.05, 4.69) is 20.2 Å². The lowest BCUT2D eigenvalue weighted by Crippen LogP contribution is -2.46. The third-order valence-corrected chi connectivity index (χ3v) is 7.97. The SMILES string of the molecule is COc1ccc2c(c1)C(=O)N(C[C@@]1(c3cc4nc(-c5cnc(N6CCCC6)nc5)ccc4o3)CC(=O)NC1=O)C2. The van der Waals surface area contributed by atoms with Gasteiger partial charge in [-0.15, -0.1) is 0 Å². The van der Waals surface area contributed by atoms with Gasteiger partial charge in [0, 0.05) is 55.8 Å². The number of ether oxygens (including phenoxy) is 1. The first kappa shape index (κ1) is 24.3. The van der Waals surface area contributed by atoms with Crippen molar-refractivity contribution in [3.8, 4) is 17.0 Å². The highest BCUT2D eigenvalue weighted by Crippen LogP contribution is 2.39. The summed E-state index contributed by atoms with van der Waals surface area (Å²) in [5.41, 5.74) is 2.40. The first-order valence-corrected chi connectivity index (χ1v) is 13.2. The van der Waals surface area contributed by atoms with Crippen LogP contribution in [-0.4, -0.2) is 64.3 Å². The molecular weight excluding hydrogens is 512 g/mol. The molecule has 202 valence electrons. The second-order valence-corrected chi connectivity index (χ2v) is 10.5. The van der Waals surface area contributed by atoms with Crippen LogP contribution in [0.1, 0.15) is 40.9 Å². The standard InChI is InChI=1S/C29H26N6O5/c1-39-19-5-4-17-15-35(26(37)20(17)10-19)16-29(12-25(36)33-27(29)38)24-11-22-23(40-24)7-6-21(32-22)18-13-30-28(31-14-18)34-8-2-3-9-34/h4-7,10-11,13-14H,2-3,8-9,12,15-16H2,1H3,(H,33,36,38)/t29-/m1/s1. The van der Waals surface area contributed by atoms with Gasteiger partial charge < -0.3 is 19.0 Å². The molecule has 3 aliphatic rings. The van der Waals surface area contributed by atoms with E-state index < -0.39 is 17.2 Å². The van der Waals surface area contributed by atoms with Gasteiger partial charge in [-0.05, 0) is 42.7 Å². The van der Waals surface area contributed by atoms with Gasteiger partial charge in [-0.3, -0.25) is 19.7 Å². The zero-order valence-corrected chi connectivity index (χ0v) is 21.8. The van der Waals surface area contributed by atoms with E-state index >= 15 is 0 Å². The number of amides is 3. The molecule has 3 aliphatic heterocycles. The van der Waals surface area contributed by atoms with E-state index in [9.17, 15) is 14.4 Å². The normalized spacial score (nSPS) is 20.5. The summed E-state index contributed by atoms with van der Waals surface area (Å²) in [7, 11) is 1.54. The van der Waals surface area contributed by atoms with Crippen molar-refractivity contribution < 1.29 is 23.5 Å². The molecule has 11 nitrogen and oxygen atoms in total. The van der Waals surface area contributed by atoms with E-state index in [1.54, 1.807) is 48.7 Å². The first-order chi connectivity index (χ1) is 19.4. The Labute approximate surface area is 229 Å². The maximum Gasteiger partial charge on any atom is 0.254 e. The number of hydrogen-bond acceptors (Lipinski definition) is 9. The van der Waals surface area contributed by atoms with E-state index in [1.807, 2.05) is 12.1 Å². The van der Waals surface area contributed by atoms with Gasteiger partial charge >= 0.3 is 0 Å². The van der Waals surface area contributed by atoms with Crippen LogP contribution in [0.15, 0.2) is 53.2 Å². The lowest BCUT2D eigenvalue weighted by atomic mass is 9.82. The van der Waals surface area contributed by atoms with Gasteiger partial charge in [-0.25, -0.2) is 15.0 Å². The number of carbonyl (C=O) groups is 3. The molecule has 3 aromatic heterocycles. The van der Waals surface area contributed by atoms with Crippen LogP contribution in [0.25, 0.3) is 22.4 Å². The van der Waals surface area contributed by atoms with E-state index in [0.717, 1.165) is 37.1 Å². The van der Waals surface area contributed by atoms with E-state index in [0.29, 0.717) is 40.6 Å². The highest BCUT2D eigenvalue weighted by Gasteiger charge is 2.53. The monoisotopic (exact) mass is 538 g/mol. The number of pyridine rings is 1. The molecule has 11 heteroatoms. The molecule has 0 saturated carbocycles. The minimum Gasteiger partial charge on any atom is -0.497 e. The zero-order valence-electron chi connectivity index (χ0n) is 21.8. The molecule has 0 unspecified atom stereocenters. The van der Waals surface area contributed by atoms with Gasteiger partial charge in [0.15, 0.2) is 5.58 Å².